The van der Waals surface area contributed by atoms with Crippen molar-refractivity contribution in [3.63, 3.8) is 0 Å². The van der Waals surface area contributed by atoms with Gasteiger partial charge in [-0.05, 0) is 70.1 Å². The van der Waals surface area contributed by atoms with Gasteiger partial charge >= 0.3 is 0 Å². The van der Waals surface area contributed by atoms with Gasteiger partial charge in [-0.1, -0.05) is 12.1 Å². The van der Waals surface area contributed by atoms with Crippen LogP contribution in [0.1, 0.15) is 11.1 Å². The zero-order valence-corrected chi connectivity index (χ0v) is 18.0. The fourth-order valence-electron chi connectivity index (χ4n) is 2.53. The third-order valence-corrected chi connectivity index (χ3v) is 4.83. The lowest BCUT2D eigenvalue weighted by atomic mass is 10.2. The first-order valence-electron chi connectivity index (χ1n) is 8.74. The van der Waals surface area contributed by atoms with Gasteiger partial charge in [0.1, 0.15) is 12.4 Å². The molecule has 0 aliphatic heterocycles. The summed E-state index contributed by atoms with van der Waals surface area (Å²) < 4.78 is 25.2. The zero-order chi connectivity index (χ0) is 21.5. The Kier molecular flexibility index (Phi) is 7.17. The van der Waals surface area contributed by atoms with Gasteiger partial charge in [-0.3, -0.25) is 15.5 Å². The molecule has 1 N–H and O–H groups in total. The van der Waals surface area contributed by atoms with Crippen molar-refractivity contribution in [3.8, 4) is 11.5 Å². The Hall–Kier alpha value is -3.21. The Bertz CT molecular complexity index is 1060. The van der Waals surface area contributed by atoms with Gasteiger partial charge < -0.3 is 9.47 Å². The Balaban J connectivity index is 1.68. The standard InChI is InChI=1S/C21H17FIN3O4/c1-29-20-11-15(12-24-25-17-6-8-18(9-7-17)26(27)28)10-19(23)21(20)30-13-14-2-4-16(22)5-3-14/h2-12,25H,13H2,1H3/b24-12+. The van der Waals surface area contributed by atoms with Gasteiger partial charge in [0, 0.05) is 12.1 Å². The molecule has 0 bridgehead atoms. The van der Waals surface area contributed by atoms with E-state index < -0.39 is 4.92 Å². The van der Waals surface area contributed by atoms with Gasteiger partial charge in [0.25, 0.3) is 5.69 Å². The molecule has 0 atom stereocenters. The van der Waals surface area contributed by atoms with Crippen LogP contribution in [0.4, 0.5) is 15.8 Å². The third-order valence-electron chi connectivity index (χ3n) is 4.03. The van der Waals surface area contributed by atoms with E-state index in [9.17, 15) is 14.5 Å². The van der Waals surface area contributed by atoms with Gasteiger partial charge in [0.2, 0.25) is 0 Å². The Labute approximate surface area is 185 Å². The molecule has 0 unspecified atom stereocenters. The number of rotatable bonds is 8. The molecule has 0 spiro atoms. The maximum absolute atomic E-state index is 13.0. The van der Waals surface area contributed by atoms with Crippen molar-refractivity contribution >= 4 is 40.2 Å². The number of benzene rings is 3. The van der Waals surface area contributed by atoms with E-state index in [-0.39, 0.29) is 18.1 Å². The third kappa shape index (κ3) is 5.66. The van der Waals surface area contributed by atoms with Crippen LogP contribution >= 0.6 is 22.6 Å². The minimum absolute atomic E-state index is 0.0139. The number of nitro groups is 1. The van der Waals surface area contributed by atoms with E-state index in [1.54, 1.807) is 43.7 Å². The highest BCUT2D eigenvalue weighted by Crippen LogP contribution is 2.34. The monoisotopic (exact) mass is 521 g/mol. The summed E-state index contributed by atoms with van der Waals surface area (Å²) in [6, 6.07) is 15.7. The zero-order valence-electron chi connectivity index (χ0n) is 15.8. The van der Waals surface area contributed by atoms with E-state index in [1.807, 2.05) is 6.07 Å². The number of ether oxygens (including phenoxy) is 2. The van der Waals surface area contributed by atoms with Gasteiger partial charge in [-0.2, -0.15) is 5.10 Å². The number of anilines is 1. The summed E-state index contributed by atoms with van der Waals surface area (Å²) in [7, 11) is 1.55. The van der Waals surface area contributed by atoms with Crippen LogP contribution in [0.2, 0.25) is 0 Å². The van der Waals surface area contributed by atoms with E-state index in [2.05, 4.69) is 33.1 Å². The molecule has 0 heterocycles. The summed E-state index contributed by atoms with van der Waals surface area (Å²) in [6.45, 7) is 0.280. The molecule has 0 amide bonds. The largest absolute Gasteiger partial charge is 0.493 e. The number of hydrogen-bond acceptors (Lipinski definition) is 6. The topological polar surface area (TPSA) is 86.0 Å². The predicted molar refractivity (Wildman–Crippen MR) is 121 cm³/mol. The highest BCUT2D eigenvalue weighted by Gasteiger charge is 2.11. The van der Waals surface area contributed by atoms with Gasteiger partial charge in [0.15, 0.2) is 11.5 Å². The lowest BCUT2D eigenvalue weighted by Gasteiger charge is -2.13. The van der Waals surface area contributed by atoms with Crippen molar-refractivity contribution in [3.05, 3.63) is 91.3 Å². The highest BCUT2D eigenvalue weighted by atomic mass is 127. The lowest BCUT2D eigenvalue weighted by molar-refractivity contribution is -0.384. The molecular weight excluding hydrogens is 504 g/mol. The van der Waals surface area contributed by atoms with Crippen LogP contribution in [-0.4, -0.2) is 18.2 Å². The number of non-ortho nitro benzene ring substituents is 1. The second kappa shape index (κ2) is 10.0. The number of nitro benzene ring substituents is 1. The molecule has 3 aromatic carbocycles. The SMILES string of the molecule is COc1cc(/C=N/Nc2ccc([N+](=O)[O-])cc2)cc(I)c1OCc1ccc(F)cc1. The van der Waals surface area contributed by atoms with E-state index in [0.29, 0.717) is 17.2 Å². The second-order valence-corrected chi connectivity index (χ2v) is 7.29. The van der Waals surface area contributed by atoms with Gasteiger partial charge in [0.05, 0.1) is 27.5 Å². The molecule has 7 nitrogen and oxygen atoms in total. The minimum Gasteiger partial charge on any atom is -0.493 e. The average Bonchev–Trinajstić information content (AvgIpc) is 2.74. The first-order chi connectivity index (χ1) is 14.5. The van der Waals surface area contributed by atoms with Gasteiger partial charge in [-0.25, -0.2) is 4.39 Å². The molecule has 0 saturated heterocycles. The van der Waals surface area contributed by atoms with Crippen LogP contribution in [0.3, 0.4) is 0 Å². The molecule has 9 heteroatoms. The van der Waals surface area contributed by atoms with Crippen LogP contribution in [0.15, 0.2) is 65.8 Å². The molecule has 0 saturated carbocycles. The fourth-order valence-corrected chi connectivity index (χ4v) is 3.31. The van der Waals surface area contributed by atoms with Crippen molar-refractivity contribution < 1.29 is 18.8 Å². The molecule has 0 fully saturated rings. The molecule has 0 aliphatic rings. The number of hydrogen-bond donors (Lipinski definition) is 1. The van der Waals surface area contributed by atoms with Crippen molar-refractivity contribution in [2.45, 2.75) is 6.61 Å². The highest BCUT2D eigenvalue weighted by molar-refractivity contribution is 14.1. The summed E-state index contributed by atoms with van der Waals surface area (Å²) in [5, 5.41) is 14.8. The van der Waals surface area contributed by atoms with Crippen LogP contribution in [0.5, 0.6) is 11.5 Å². The Morgan fingerprint density at radius 1 is 1.17 bits per heavy atom. The fraction of sp³-hybridized carbons (Fsp3) is 0.0952. The second-order valence-electron chi connectivity index (χ2n) is 6.12. The molecule has 0 aromatic heterocycles. The quantitative estimate of drug-likeness (QED) is 0.187. The first-order valence-corrected chi connectivity index (χ1v) is 9.82. The summed E-state index contributed by atoms with van der Waals surface area (Å²) in [5.41, 5.74) is 5.08. The Morgan fingerprint density at radius 3 is 2.50 bits per heavy atom. The van der Waals surface area contributed by atoms with Crippen molar-refractivity contribution in [1.82, 2.24) is 0 Å². The molecular formula is C21H17FIN3O4. The van der Waals surface area contributed by atoms with Crippen molar-refractivity contribution in [1.29, 1.82) is 0 Å². The number of nitrogens with zero attached hydrogens (tertiary/aromatic N) is 2. The number of nitrogens with one attached hydrogen (secondary N) is 1. The molecule has 0 radical (unpaired) electrons. The van der Waals surface area contributed by atoms with Crippen LogP contribution in [0.25, 0.3) is 0 Å². The van der Waals surface area contributed by atoms with Crippen LogP contribution in [-0.2, 0) is 6.61 Å². The first kappa shape index (κ1) is 21.5. The Morgan fingerprint density at radius 2 is 1.87 bits per heavy atom. The van der Waals surface area contributed by atoms with E-state index in [4.69, 9.17) is 9.47 Å². The molecule has 3 aromatic rings. The van der Waals surface area contributed by atoms with Gasteiger partial charge in [-0.15, -0.1) is 0 Å². The lowest BCUT2D eigenvalue weighted by Crippen LogP contribution is -2.01. The number of halogens is 2. The van der Waals surface area contributed by atoms with E-state index in [0.717, 1.165) is 14.7 Å². The maximum Gasteiger partial charge on any atom is 0.269 e. The summed E-state index contributed by atoms with van der Waals surface area (Å²) in [6.07, 6.45) is 1.61. The van der Waals surface area contributed by atoms with Crippen molar-refractivity contribution in [2.24, 2.45) is 5.10 Å². The minimum atomic E-state index is -0.457. The normalized spacial score (nSPS) is 10.8. The van der Waals surface area contributed by atoms with Crippen LogP contribution in [0, 0.1) is 19.5 Å². The number of hydrazone groups is 1. The van der Waals surface area contributed by atoms with Crippen molar-refractivity contribution in [2.75, 3.05) is 12.5 Å². The molecule has 0 aliphatic carbocycles. The summed E-state index contributed by atoms with van der Waals surface area (Å²) in [4.78, 5) is 10.2. The maximum atomic E-state index is 13.0. The molecule has 154 valence electrons. The number of methoxy groups -OCH3 is 1. The molecule has 30 heavy (non-hydrogen) atoms. The van der Waals surface area contributed by atoms with E-state index >= 15 is 0 Å². The summed E-state index contributed by atoms with van der Waals surface area (Å²) in [5.74, 6) is 0.834. The smallest absolute Gasteiger partial charge is 0.269 e. The van der Waals surface area contributed by atoms with E-state index in [1.165, 1.54) is 24.3 Å². The molecule has 3 rings (SSSR count). The summed E-state index contributed by atoms with van der Waals surface area (Å²) >= 11 is 2.15. The van der Waals surface area contributed by atoms with Crippen LogP contribution < -0.4 is 14.9 Å². The average molecular weight is 521 g/mol. The predicted octanol–water partition coefficient (Wildman–Crippen LogP) is 5.37.